The van der Waals surface area contributed by atoms with E-state index in [0.29, 0.717) is 21.2 Å². The Bertz CT molecular complexity index is 644. The predicted molar refractivity (Wildman–Crippen MR) is 76.0 cm³/mol. The van der Waals surface area contributed by atoms with E-state index in [0.717, 1.165) is 0 Å². The summed E-state index contributed by atoms with van der Waals surface area (Å²) in [6.07, 6.45) is 1.46. The number of carbonyl (C=O) groups is 1. The molecule has 1 aromatic carbocycles. The first-order chi connectivity index (χ1) is 9.04. The molecule has 0 spiro atoms. The van der Waals surface area contributed by atoms with Gasteiger partial charge in [-0.25, -0.2) is 9.78 Å². The number of ether oxygens (including phenoxy) is 1. The van der Waals surface area contributed by atoms with Crippen LogP contribution in [0.4, 0.5) is 0 Å². The van der Waals surface area contributed by atoms with E-state index in [1.165, 1.54) is 19.4 Å². The number of esters is 1. The van der Waals surface area contributed by atoms with Crippen LogP contribution in [0.1, 0.15) is 10.4 Å². The van der Waals surface area contributed by atoms with Gasteiger partial charge in [-0.2, -0.15) is 0 Å². The minimum absolute atomic E-state index is 0.197. The second kappa shape index (κ2) is 5.78. The third-order valence-corrected chi connectivity index (χ3v) is 3.54. The van der Waals surface area contributed by atoms with Crippen molar-refractivity contribution < 1.29 is 9.53 Å². The number of halogens is 3. The lowest BCUT2D eigenvalue weighted by molar-refractivity contribution is 0.0601. The fourth-order valence-corrected chi connectivity index (χ4v) is 2.20. The van der Waals surface area contributed by atoms with Crippen molar-refractivity contribution in [2.45, 2.75) is 0 Å². The van der Waals surface area contributed by atoms with Gasteiger partial charge in [-0.05, 0) is 12.1 Å². The van der Waals surface area contributed by atoms with Crippen LogP contribution in [0, 0.1) is 0 Å². The summed E-state index contributed by atoms with van der Waals surface area (Å²) in [5.74, 6) is -0.518. The van der Waals surface area contributed by atoms with Crippen molar-refractivity contribution in [1.82, 2.24) is 4.98 Å². The molecule has 2 aromatic rings. The van der Waals surface area contributed by atoms with Crippen LogP contribution in [0.15, 0.2) is 30.5 Å². The van der Waals surface area contributed by atoms with Crippen LogP contribution in [-0.2, 0) is 4.74 Å². The van der Waals surface area contributed by atoms with Gasteiger partial charge in [0.2, 0.25) is 0 Å². The molecule has 6 heteroatoms. The molecule has 19 heavy (non-hydrogen) atoms. The lowest BCUT2D eigenvalue weighted by atomic mass is 10.0. The molecule has 0 amide bonds. The lowest BCUT2D eigenvalue weighted by Gasteiger charge is -2.10. The second-order valence-corrected chi connectivity index (χ2v) is 4.82. The highest BCUT2D eigenvalue weighted by molar-refractivity contribution is 6.43. The van der Waals surface area contributed by atoms with Crippen molar-refractivity contribution in [2.24, 2.45) is 0 Å². The molecule has 0 N–H and O–H groups in total. The summed E-state index contributed by atoms with van der Waals surface area (Å²) in [7, 11) is 1.29. The number of pyridine rings is 1. The summed E-state index contributed by atoms with van der Waals surface area (Å²) >= 11 is 17.9. The van der Waals surface area contributed by atoms with E-state index in [4.69, 9.17) is 39.5 Å². The number of aromatic nitrogens is 1. The first-order valence-corrected chi connectivity index (χ1v) is 6.36. The third kappa shape index (κ3) is 2.84. The van der Waals surface area contributed by atoms with Crippen LogP contribution in [0.3, 0.4) is 0 Å². The average molecular weight is 317 g/mol. The number of rotatable bonds is 2. The second-order valence-electron chi connectivity index (χ2n) is 3.65. The van der Waals surface area contributed by atoms with E-state index in [1.807, 2.05) is 0 Å². The predicted octanol–water partition coefficient (Wildman–Crippen LogP) is 4.50. The summed E-state index contributed by atoms with van der Waals surface area (Å²) in [4.78, 5) is 15.7. The van der Waals surface area contributed by atoms with Crippen LogP contribution in [0.5, 0.6) is 0 Å². The smallest absolute Gasteiger partial charge is 0.338 e. The summed E-state index contributed by atoms with van der Waals surface area (Å²) in [5.41, 5.74) is 1.40. The van der Waals surface area contributed by atoms with E-state index in [9.17, 15) is 4.79 Å². The molecule has 1 heterocycles. The van der Waals surface area contributed by atoms with Gasteiger partial charge < -0.3 is 4.74 Å². The Balaban J connectivity index is 2.68. The fourth-order valence-electron chi connectivity index (χ4n) is 1.64. The number of carbonyl (C=O) groups excluding carboxylic acids is 1. The molecule has 0 aliphatic carbocycles. The van der Waals surface area contributed by atoms with Crippen molar-refractivity contribution >= 4 is 40.8 Å². The average Bonchev–Trinajstić information content (AvgIpc) is 2.41. The molecule has 1 aromatic heterocycles. The number of nitrogens with zero attached hydrogens (tertiary/aromatic N) is 1. The Morgan fingerprint density at radius 1 is 1.21 bits per heavy atom. The normalized spacial score (nSPS) is 10.3. The van der Waals surface area contributed by atoms with Gasteiger partial charge in [0.05, 0.1) is 22.7 Å². The fraction of sp³-hybridized carbons (Fsp3) is 0.0769. The summed E-state index contributed by atoms with van der Waals surface area (Å²) < 4.78 is 4.72. The Morgan fingerprint density at radius 3 is 2.63 bits per heavy atom. The molecule has 2 rings (SSSR count). The number of hydrogen-bond acceptors (Lipinski definition) is 3. The summed E-state index contributed by atoms with van der Waals surface area (Å²) in [5, 5.41) is 0.936. The van der Waals surface area contributed by atoms with Gasteiger partial charge >= 0.3 is 5.97 Å². The van der Waals surface area contributed by atoms with Crippen molar-refractivity contribution in [3.63, 3.8) is 0 Å². The SMILES string of the molecule is COC(=O)c1cc(Cl)ncc1-c1cccc(Cl)c1Cl. The quantitative estimate of drug-likeness (QED) is 0.605. The largest absolute Gasteiger partial charge is 0.465 e. The molecule has 0 bridgehead atoms. The van der Waals surface area contributed by atoms with Gasteiger partial charge in [-0.15, -0.1) is 0 Å². The third-order valence-electron chi connectivity index (χ3n) is 2.52. The van der Waals surface area contributed by atoms with Crippen molar-refractivity contribution in [1.29, 1.82) is 0 Å². The maximum atomic E-state index is 11.8. The molecule has 0 saturated carbocycles. The van der Waals surface area contributed by atoms with Gasteiger partial charge in [-0.1, -0.05) is 46.9 Å². The molecule has 0 atom stereocenters. The Hall–Kier alpha value is -1.29. The van der Waals surface area contributed by atoms with E-state index >= 15 is 0 Å². The Labute approximate surface area is 125 Å². The molecule has 98 valence electrons. The highest BCUT2D eigenvalue weighted by Crippen LogP contribution is 2.35. The molecular formula is C13H8Cl3NO2. The summed E-state index contributed by atoms with van der Waals surface area (Å²) in [6.45, 7) is 0. The zero-order chi connectivity index (χ0) is 14.0. The van der Waals surface area contributed by atoms with Gasteiger partial charge in [0.15, 0.2) is 0 Å². The van der Waals surface area contributed by atoms with Gasteiger partial charge in [0.1, 0.15) is 5.15 Å². The first-order valence-electron chi connectivity index (χ1n) is 5.23. The van der Waals surface area contributed by atoms with E-state index < -0.39 is 5.97 Å². The van der Waals surface area contributed by atoms with E-state index in [1.54, 1.807) is 18.2 Å². The lowest BCUT2D eigenvalue weighted by Crippen LogP contribution is -2.04. The monoisotopic (exact) mass is 315 g/mol. The van der Waals surface area contributed by atoms with Crippen LogP contribution >= 0.6 is 34.8 Å². The van der Waals surface area contributed by atoms with Crippen LogP contribution in [0.2, 0.25) is 15.2 Å². The highest BCUT2D eigenvalue weighted by atomic mass is 35.5. The molecule has 3 nitrogen and oxygen atoms in total. The minimum Gasteiger partial charge on any atom is -0.465 e. The highest BCUT2D eigenvalue weighted by Gasteiger charge is 2.17. The van der Waals surface area contributed by atoms with Crippen LogP contribution < -0.4 is 0 Å². The molecule has 0 saturated heterocycles. The molecular weight excluding hydrogens is 309 g/mol. The van der Waals surface area contributed by atoms with Crippen molar-refractivity contribution in [2.75, 3.05) is 7.11 Å². The van der Waals surface area contributed by atoms with Gasteiger partial charge in [0, 0.05) is 17.3 Å². The van der Waals surface area contributed by atoms with Gasteiger partial charge in [0.25, 0.3) is 0 Å². The molecule has 0 unspecified atom stereocenters. The zero-order valence-electron chi connectivity index (χ0n) is 9.78. The standard InChI is InChI=1S/C13H8Cl3NO2/c1-19-13(18)8-5-11(15)17-6-9(8)7-3-2-4-10(14)12(7)16/h2-6H,1H3. The molecule has 0 aliphatic heterocycles. The van der Waals surface area contributed by atoms with E-state index in [-0.39, 0.29) is 10.7 Å². The maximum Gasteiger partial charge on any atom is 0.338 e. The maximum absolute atomic E-state index is 11.8. The zero-order valence-corrected chi connectivity index (χ0v) is 12.1. The number of hydrogen-bond donors (Lipinski definition) is 0. The van der Waals surface area contributed by atoms with Crippen LogP contribution in [0.25, 0.3) is 11.1 Å². The Morgan fingerprint density at radius 2 is 1.95 bits per heavy atom. The van der Waals surface area contributed by atoms with Crippen molar-refractivity contribution in [3.05, 3.63) is 51.2 Å². The molecule has 0 fully saturated rings. The summed E-state index contributed by atoms with van der Waals surface area (Å²) in [6, 6.07) is 6.57. The topological polar surface area (TPSA) is 39.2 Å². The van der Waals surface area contributed by atoms with Crippen LogP contribution in [-0.4, -0.2) is 18.1 Å². The number of benzene rings is 1. The number of methoxy groups -OCH3 is 1. The van der Waals surface area contributed by atoms with Gasteiger partial charge in [-0.3, -0.25) is 0 Å². The Kier molecular flexibility index (Phi) is 4.30. The molecule has 0 radical (unpaired) electrons. The minimum atomic E-state index is -0.518. The van der Waals surface area contributed by atoms with Crippen molar-refractivity contribution in [3.8, 4) is 11.1 Å². The van der Waals surface area contributed by atoms with E-state index in [2.05, 4.69) is 4.98 Å². The molecule has 0 aliphatic rings. The first kappa shape index (κ1) is 14.1.